The van der Waals surface area contributed by atoms with Gasteiger partial charge in [0.2, 0.25) is 0 Å². The molecule has 11 heteroatoms. The molecule has 0 amide bonds. The van der Waals surface area contributed by atoms with Crippen molar-refractivity contribution in [1.29, 1.82) is 0 Å². The van der Waals surface area contributed by atoms with Gasteiger partial charge in [-0.1, -0.05) is 200 Å². The molecule has 0 spiro atoms. The number of ether oxygens (including phenoxy) is 2. The summed E-state index contributed by atoms with van der Waals surface area (Å²) in [6.45, 7) is 2.23. The van der Waals surface area contributed by atoms with Crippen molar-refractivity contribution in [3.63, 3.8) is 0 Å². The van der Waals surface area contributed by atoms with E-state index >= 15 is 0 Å². The Balaban J connectivity index is 3.81. The van der Waals surface area contributed by atoms with E-state index in [1.807, 2.05) is 0 Å². The SMILES string of the molecule is CCCCCCCCCCCCCCCCCCCCCCCC(=O)OC(CO)COP(=O)(O)OCC(CO)OC(=O)CCCCCCCCCCCC. The third kappa shape index (κ3) is 37.9. The minimum Gasteiger partial charge on any atom is -0.457 e. The molecule has 0 aliphatic carbocycles. The summed E-state index contributed by atoms with van der Waals surface area (Å²) in [4.78, 5) is 34.4. The summed E-state index contributed by atoms with van der Waals surface area (Å²) in [7, 11) is -4.62. The molecule has 3 N–H and O–H groups in total. The summed E-state index contributed by atoms with van der Waals surface area (Å²) in [5.41, 5.74) is 0. The van der Waals surface area contributed by atoms with Crippen LogP contribution in [0.4, 0.5) is 0 Å². The van der Waals surface area contributed by atoms with Gasteiger partial charge in [-0.05, 0) is 12.8 Å². The molecule has 0 rings (SSSR count). The molecule has 54 heavy (non-hydrogen) atoms. The predicted octanol–water partition coefficient (Wildman–Crippen LogP) is 11.8. The Bertz CT molecular complexity index is 873. The van der Waals surface area contributed by atoms with E-state index in [0.29, 0.717) is 12.8 Å². The maximum absolute atomic E-state index is 12.3. The van der Waals surface area contributed by atoms with Crippen molar-refractivity contribution in [2.45, 2.75) is 238 Å². The number of carbonyl (C=O) groups is 2. The van der Waals surface area contributed by atoms with Gasteiger partial charge in [0.1, 0.15) is 12.2 Å². The molecule has 0 aromatic heterocycles. The molecule has 0 heterocycles. The van der Waals surface area contributed by atoms with E-state index in [-0.39, 0.29) is 12.8 Å². The Morgan fingerprint density at radius 2 is 0.648 bits per heavy atom. The quantitative estimate of drug-likeness (QED) is 0.0309. The molecule has 3 atom stereocenters. The molecule has 0 bridgehead atoms. The van der Waals surface area contributed by atoms with Crippen LogP contribution in [0.25, 0.3) is 0 Å². The Hall–Kier alpha value is -1.03. The van der Waals surface area contributed by atoms with Crippen LogP contribution in [0.3, 0.4) is 0 Å². The lowest BCUT2D eigenvalue weighted by atomic mass is 10.0. The first kappa shape index (κ1) is 53.0. The zero-order chi connectivity index (χ0) is 39.8. The predicted molar refractivity (Wildman–Crippen MR) is 219 cm³/mol. The third-order valence-corrected chi connectivity index (χ3v) is 11.0. The number of esters is 2. The van der Waals surface area contributed by atoms with E-state index < -0.39 is 58.4 Å². The number of hydrogen-bond donors (Lipinski definition) is 3. The molecule has 322 valence electrons. The van der Waals surface area contributed by atoms with E-state index in [2.05, 4.69) is 13.8 Å². The number of phosphoric ester groups is 1. The fraction of sp³-hybridized carbons (Fsp3) is 0.953. The number of unbranched alkanes of at least 4 members (excludes halogenated alkanes) is 29. The first-order valence-electron chi connectivity index (χ1n) is 22.5. The third-order valence-electron chi connectivity index (χ3n) is 10.1. The lowest BCUT2D eigenvalue weighted by Gasteiger charge is -2.20. The lowest BCUT2D eigenvalue weighted by Crippen LogP contribution is -2.28. The number of aliphatic hydroxyl groups excluding tert-OH is 2. The lowest BCUT2D eigenvalue weighted by molar-refractivity contribution is -0.153. The molecule has 3 unspecified atom stereocenters. The average molecular weight is 793 g/mol. The Labute approximate surface area is 331 Å². The van der Waals surface area contributed by atoms with Gasteiger partial charge in [0.25, 0.3) is 0 Å². The smallest absolute Gasteiger partial charge is 0.457 e. The van der Waals surface area contributed by atoms with Crippen molar-refractivity contribution >= 4 is 19.8 Å². The van der Waals surface area contributed by atoms with Crippen LogP contribution in [0.1, 0.15) is 226 Å². The molecule has 0 aliphatic rings. The van der Waals surface area contributed by atoms with Gasteiger partial charge in [-0.25, -0.2) is 4.57 Å². The second-order valence-corrected chi connectivity index (χ2v) is 16.9. The monoisotopic (exact) mass is 793 g/mol. The Morgan fingerprint density at radius 3 is 0.870 bits per heavy atom. The topological polar surface area (TPSA) is 149 Å². The number of carbonyl (C=O) groups excluding carboxylic acids is 2. The van der Waals surface area contributed by atoms with Crippen LogP contribution < -0.4 is 0 Å². The molecule has 0 aliphatic heterocycles. The van der Waals surface area contributed by atoms with E-state index in [4.69, 9.17) is 18.5 Å². The van der Waals surface area contributed by atoms with Crippen LogP contribution in [0.5, 0.6) is 0 Å². The fourth-order valence-corrected chi connectivity index (χ4v) is 7.37. The van der Waals surface area contributed by atoms with Gasteiger partial charge in [-0.3, -0.25) is 18.6 Å². The molecule has 0 radical (unpaired) electrons. The summed E-state index contributed by atoms with van der Waals surface area (Å²) in [5, 5.41) is 19.1. The minimum atomic E-state index is -4.62. The van der Waals surface area contributed by atoms with Gasteiger partial charge < -0.3 is 24.6 Å². The van der Waals surface area contributed by atoms with Crippen molar-refractivity contribution < 1.29 is 47.8 Å². The van der Waals surface area contributed by atoms with Crippen LogP contribution in [0.15, 0.2) is 0 Å². The van der Waals surface area contributed by atoms with E-state index in [1.54, 1.807) is 0 Å². The summed E-state index contributed by atoms with van der Waals surface area (Å²) in [5.74, 6) is -1.01. The van der Waals surface area contributed by atoms with Crippen LogP contribution >= 0.6 is 7.82 Å². The largest absolute Gasteiger partial charge is 0.472 e. The summed E-state index contributed by atoms with van der Waals surface area (Å²) in [6, 6.07) is 0. The van der Waals surface area contributed by atoms with E-state index in [0.717, 1.165) is 38.5 Å². The van der Waals surface area contributed by atoms with E-state index in [9.17, 15) is 29.3 Å². The normalized spacial score (nSPS) is 13.8. The van der Waals surface area contributed by atoms with Crippen molar-refractivity contribution in [2.75, 3.05) is 26.4 Å². The summed E-state index contributed by atoms with van der Waals surface area (Å²) < 4.78 is 32.5. The van der Waals surface area contributed by atoms with Gasteiger partial charge in [-0.2, -0.15) is 0 Å². The molecule has 10 nitrogen and oxygen atoms in total. The van der Waals surface area contributed by atoms with Crippen LogP contribution in [0.2, 0.25) is 0 Å². The molecular weight excluding hydrogens is 707 g/mol. The molecule has 0 fully saturated rings. The number of hydrogen-bond acceptors (Lipinski definition) is 9. The molecule has 0 saturated heterocycles. The number of aliphatic hydroxyl groups is 2. The molecule has 0 saturated carbocycles. The Morgan fingerprint density at radius 1 is 0.426 bits per heavy atom. The zero-order valence-electron chi connectivity index (χ0n) is 35.0. The first-order valence-corrected chi connectivity index (χ1v) is 24.0. The average Bonchev–Trinajstić information content (AvgIpc) is 3.16. The molecule has 0 aromatic rings. The van der Waals surface area contributed by atoms with Gasteiger partial charge >= 0.3 is 19.8 Å². The van der Waals surface area contributed by atoms with Crippen molar-refractivity contribution in [2.24, 2.45) is 0 Å². The minimum absolute atomic E-state index is 0.198. The second-order valence-electron chi connectivity index (χ2n) is 15.4. The maximum atomic E-state index is 12.3. The summed E-state index contributed by atoms with van der Waals surface area (Å²) in [6.07, 6.45) is 36.6. The van der Waals surface area contributed by atoms with Gasteiger partial charge in [0.15, 0.2) is 0 Å². The second kappa shape index (κ2) is 40.2. The van der Waals surface area contributed by atoms with Gasteiger partial charge in [0, 0.05) is 12.8 Å². The van der Waals surface area contributed by atoms with E-state index in [1.165, 1.54) is 148 Å². The molecule has 0 aromatic carbocycles. The number of rotatable bonds is 43. The maximum Gasteiger partial charge on any atom is 0.472 e. The summed E-state index contributed by atoms with van der Waals surface area (Å²) >= 11 is 0. The zero-order valence-corrected chi connectivity index (χ0v) is 35.9. The molecular formula is C43H85O10P. The highest BCUT2D eigenvalue weighted by molar-refractivity contribution is 7.47. The highest BCUT2D eigenvalue weighted by Crippen LogP contribution is 2.43. The first-order chi connectivity index (χ1) is 26.3. The van der Waals surface area contributed by atoms with Crippen molar-refractivity contribution in [3.05, 3.63) is 0 Å². The van der Waals surface area contributed by atoms with Crippen LogP contribution in [-0.4, -0.2) is 65.7 Å². The standard InChI is InChI=1S/C43H85O10P/c1-3-5-7-9-11-13-15-16-17-18-19-20-21-22-23-24-25-27-29-31-33-35-43(47)53-41(37-45)39-51-54(48,49)50-38-40(36-44)52-42(46)34-32-30-28-26-14-12-10-8-6-4-2/h40-41,44-45H,3-39H2,1-2H3,(H,48,49). The van der Waals surface area contributed by atoms with Gasteiger partial charge in [0.05, 0.1) is 26.4 Å². The Kier molecular flexibility index (Phi) is 39.4. The highest BCUT2D eigenvalue weighted by atomic mass is 31.2. The van der Waals surface area contributed by atoms with Crippen molar-refractivity contribution in [3.8, 4) is 0 Å². The number of phosphoric acid groups is 1. The van der Waals surface area contributed by atoms with Crippen LogP contribution in [-0.2, 0) is 32.7 Å². The van der Waals surface area contributed by atoms with Crippen LogP contribution in [0, 0.1) is 0 Å². The van der Waals surface area contributed by atoms with Crippen molar-refractivity contribution in [1.82, 2.24) is 0 Å². The highest BCUT2D eigenvalue weighted by Gasteiger charge is 2.27. The fourth-order valence-electron chi connectivity index (χ4n) is 6.59. The van der Waals surface area contributed by atoms with Gasteiger partial charge in [-0.15, -0.1) is 0 Å².